The first-order valence-electron chi connectivity index (χ1n) is 5.38. The zero-order chi connectivity index (χ0) is 11.5. The molecule has 1 fully saturated rings. The van der Waals surface area contributed by atoms with E-state index in [0.717, 1.165) is 12.4 Å². The lowest BCUT2D eigenvalue weighted by atomic mass is 10.1. The predicted octanol–water partition coefficient (Wildman–Crippen LogP) is 1.56. The Balaban J connectivity index is 1.94. The van der Waals surface area contributed by atoms with Gasteiger partial charge in [-0.3, -0.25) is 4.79 Å². The summed E-state index contributed by atoms with van der Waals surface area (Å²) < 4.78 is 5.54. The highest BCUT2D eigenvalue weighted by Gasteiger charge is 2.22. The average Bonchev–Trinajstić information content (AvgIpc) is 3.10. The molecule has 1 atom stereocenters. The summed E-state index contributed by atoms with van der Waals surface area (Å²) in [5.74, 6) is 0.459. The van der Waals surface area contributed by atoms with E-state index >= 15 is 0 Å². The Morgan fingerprint density at radius 3 is 2.56 bits per heavy atom. The first kappa shape index (κ1) is 11.0. The average molecular weight is 221 g/mol. The van der Waals surface area contributed by atoms with Gasteiger partial charge in [0.25, 0.3) is 0 Å². The highest BCUT2D eigenvalue weighted by Crippen LogP contribution is 2.29. The lowest BCUT2D eigenvalue weighted by Gasteiger charge is -2.08. The number of carbonyl (C=O) groups is 1. The zero-order valence-corrected chi connectivity index (χ0v) is 8.93. The minimum Gasteiger partial charge on any atom is -0.493 e. The highest BCUT2D eigenvalue weighted by atomic mass is 16.5. The van der Waals surface area contributed by atoms with Gasteiger partial charge in [0, 0.05) is 0 Å². The second kappa shape index (κ2) is 4.53. The van der Waals surface area contributed by atoms with Gasteiger partial charge in [0.2, 0.25) is 0 Å². The SMILES string of the molecule is NC(C(=O)O)c1ccc(OCC2CC2)cc1. The van der Waals surface area contributed by atoms with Crippen LogP contribution >= 0.6 is 0 Å². The molecule has 1 aliphatic rings. The summed E-state index contributed by atoms with van der Waals surface area (Å²) in [4.78, 5) is 10.7. The van der Waals surface area contributed by atoms with Gasteiger partial charge in [0.15, 0.2) is 0 Å². The maximum Gasteiger partial charge on any atom is 0.325 e. The van der Waals surface area contributed by atoms with Crippen molar-refractivity contribution < 1.29 is 14.6 Å². The standard InChI is InChI=1S/C12H15NO3/c13-11(12(14)15)9-3-5-10(6-4-9)16-7-8-1-2-8/h3-6,8,11H,1-2,7,13H2,(H,14,15). The molecule has 1 aromatic carbocycles. The predicted molar refractivity (Wildman–Crippen MR) is 59.2 cm³/mol. The number of hydrogen-bond donors (Lipinski definition) is 2. The smallest absolute Gasteiger partial charge is 0.325 e. The first-order chi connectivity index (χ1) is 7.66. The largest absolute Gasteiger partial charge is 0.493 e. The Hall–Kier alpha value is -1.55. The van der Waals surface area contributed by atoms with Crippen LogP contribution in [0, 0.1) is 5.92 Å². The van der Waals surface area contributed by atoms with Crippen molar-refractivity contribution in [3.63, 3.8) is 0 Å². The number of nitrogens with two attached hydrogens (primary N) is 1. The van der Waals surface area contributed by atoms with Crippen LogP contribution in [0.4, 0.5) is 0 Å². The second-order valence-corrected chi connectivity index (χ2v) is 4.14. The van der Waals surface area contributed by atoms with Gasteiger partial charge in [0.1, 0.15) is 11.8 Å². The van der Waals surface area contributed by atoms with Crippen molar-refractivity contribution in [3.8, 4) is 5.75 Å². The minimum atomic E-state index is -1.02. The van der Waals surface area contributed by atoms with E-state index in [1.54, 1.807) is 24.3 Å². The molecule has 4 nitrogen and oxygen atoms in total. The molecule has 1 saturated carbocycles. The number of carboxylic acid groups (broad SMARTS) is 1. The van der Waals surface area contributed by atoms with Gasteiger partial charge in [-0.05, 0) is 36.5 Å². The second-order valence-electron chi connectivity index (χ2n) is 4.14. The van der Waals surface area contributed by atoms with Crippen LogP contribution in [-0.2, 0) is 4.79 Å². The molecule has 16 heavy (non-hydrogen) atoms. The highest BCUT2D eigenvalue weighted by molar-refractivity contribution is 5.75. The molecule has 1 unspecified atom stereocenters. The Kier molecular flexibility index (Phi) is 3.10. The van der Waals surface area contributed by atoms with Gasteiger partial charge >= 0.3 is 5.97 Å². The fourth-order valence-electron chi connectivity index (χ4n) is 1.41. The van der Waals surface area contributed by atoms with Crippen molar-refractivity contribution in [2.75, 3.05) is 6.61 Å². The normalized spacial score (nSPS) is 16.8. The molecule has 0 bridgehead atoms. The van der Waals surface area contributed by atoms with Crippen LogP contribution in [0.15, 0.2) is 24.3 Å². The van der Waals surface area contributed by atoms with E-state index < -0.39 is 12.0 Å². The maximum absolute atomic E-state index is 10.7. The van der Waals surface area contributed by atoms with Crippen molar-refractivity contribution in [1.29, 1.82) is 0 Å². The van der Waals surface area contributed by atoms with E-state index in [-0.39, 0.29) is 0 Å². The van der Waals surface area contributed by atoms with Crippen LogP contribution in [0.2, 0.25) is 0 Å². The van der Waals surface area contributed by atoms with Gasteiger partial charge in [-0.1, -0.05) is 12.1 Å². The molecular formula is C12H15NO3. The Labute approximate surface area is 94.0 Å². The van der Waals surface area contributed by atoms with Crippen molar-refractivity contribution in [1.82, 2.24) is 0 Å². The fraction of sp³-hybridized carbons (Fsp3) is 0.417. The number of rotatable bonds is 5. The lowest BCUT2D eigenvalue weighted by molar-refractivity contribution is -0.138. The topological polar surface area (TPSA) is 72.6 Å². The molecule has 0 spiro atoms. The Morgan fingerprint density at radius 2 is 2.06 bits per heavy atom. The fourth-order valence-corrected chi connectivity index (χ4v) is 1.41. The molecule has 0 radical (unpaired) electrons. The Morgan fingerprint density at radius 1 is 1.44 bits per heavy atom. The summed E-state index contributed by atoms with van der Waals surface area (Å²) in [6.45, 7) is 0.754. The van der Waals surface area contributed by atoms with E-state index in [4.69, 9.17) is 15.6 Å². The summed E-state index contributed by atoms with van der Waals surface area (Å²) >= 11 is 0. The molecule has 1 aliphatic carbocycles. The van der Waals surface area contributed by atoms with Crippen LogP contribution in [0.25, 0.3) is 0 Å². The molecule has 0 aromatic heterocycles. The quantitative estimate of drug-likeness (QED) is 0.791. The summed E-state index contributed by atoms with van der Waals surface area (Å²) in [5.41, 5.74) is 6.07. The van der Waals surface area contributed by atoms with E-state index in [0.29, 0.717) is 11.5 Å². The maximum atomic E-state index is 10.7. The van der Waals surface area contributed by atoms with Crippen LogP contribution < -0.4 is 10.5 Å². The summed E-state index contributed by atoms with van der Waals surface area (Å²) in [6, 6.07) is 5.96. The Bertz CT molecular complexity index is 370. The van der Waals surface area contributed by atoms with Crippen molar-refractivity contribution >= 4 is 5.97 Å². The molecule has 2 rings (SSSR count). The van der Waals surface area contributed by atoms with Crippen molar-refractivity contribution in [2.24, 2.45) is 11.7 Å². The van der Waals surface area contributed by atoms with E-state index in [2.05, 4.69) is 0 Å². The minimum absolute atomic E-state index is 0.589. The molecule has 4 heteroatoms. The molecule has 3 N–H and O–H groups in total. The molecule has 0 saturated heterocycles. The van der Waals surface area contributed by atoms with Gasteiger partial charge in [0.05, 0.1) is 6.61 Å². The summed E-state index contributed by atoms with van der Waals surface area (Å²) in [6.07, 6.45) is 2.50. The third-order valence-electron chi connectivity index (χ3n) is 2.69. The van der Waals surface area contributed by atoms with Gasteiger partial charge in [-0.2, -0.15) is 0 Å². The monoisotopic (exact) mass is 221 g/mol. The number of carboxylic acids is 1. The molecule has 86 valence electrons. The van der Waals surface area contributed by atoms with Crippen LogP contribution in [-0.4, -0.2) is 17.7 Å². The van der Waals surface area contributed by atoms with Gasteiger partial charge < -0.3 is 15.6 Å². The van der Waals surface area contributed by atoms with Crippen LogP contribution in [0.5, 0.6) is 5.75 Å². The third kappa shape index (κ3) is 2.73. The van der Waals surface area contributed by atoms with Gasteiger partial charge in [-0.25, -0.2) is 0 Å². The third-order valence-corrected chi connectivity index (χ3v) is 2.69. The van der Waals surface area contributed by atoms with E-state index in [9.17, 15) is 4.79 Å². The molecule has 0 heterocycles. The number of aliphatic carboxylic acids is 1. The summed E-state index contributed by atoms with van der Waals surface area (Å²) in [7, 11) is 0. The van der Waals surface area contributed by atoms with E-state index in [1.807, 2.05) is 0 Å². The first-order valence-corrected chi connectivity index (χ1v) is 5.38. The molecular weight excluding hydrogens is 206 g/mol. The number of hydrogen-bond acceptors (Lipinski definition) is 3. The molecule has 1 aromatic rings. The van der Waals surface area contributed by atoms with Crippen molar-refractivity contribution in [2.45, 2.75) is 18.9 Å². The number of ether oxygens (including phenoxy) is 1. The summed E-state index contributed by atoms with van der Waals surface area (Å²) in [5, 5.41) is 8.73. The lowest BCUT2D eigenvalue weighted by Crippen LogP contribution is -2.20. The molecule has 0 aliphatic heterocycles. The van der Waals surface area contributed by atoms with Gasteiger partial charge in [-0.15, -0.1) is 0 Å². The van der Waals surface area contributed by atoms with E-state index in [1.165, 1.54) is 12.8 Å². The molecule has 0 amide bonds. The number of benzene rings is 1. The van der Waals surface area contributed by atoms with Crippen LogP contribution in [0.3, 0.4) is 0 Å². The zero-order valence-electron chi connectivity index (χ0n) is 8.93. The van der Waals surface area contributed by atoms with Crippen molar-refractivity contribution in [3.05, 3.63) is 29.8 Å². The van der Waals surface area contributed by atoms with Crippen LogP contribution in [0.1, 0.15) is 24.4 Å².